The van der Waals surface area contributed by atoms with Crippen molar-refractivity contribution in [2.24, 2.45) is 7.05 Å². The van der Waals surface area contributed by atoms with Gasteiger partial charge in [-0.3, -0.25) is 14.8 Å². The van der Waals surface area contributed by atoms with Gasteiger partial charge in [0.15, 0.2) is 0 Å². The third-order valence-electron chi connectivity index (χ3n) is 2.72. The van der Waals surface area contributed by atoms with Crippen LogP contribution in [0.1, 0.15) is 15.4 Å². The maximum absolute atomic E-state index is 12.2. The van der Waals surface area contributed by atoms with Gasteiger partial charge in [-0.25, -0.2) is 4.98 Å². The second-order valence-corrected chi connectivity index (χ2v) is 5.41. The number of methoxy groups -OCH3 is 1. The SMILES string of the molecule is COc1nn(C)cc1C(=O)Nc1nnc(-c2csc(C)n2)o1. The van der Waals surface area contributed by atoms with Gasteiger partial charge in [-0.1, -0.05) is 5.10 Å². The summed E-state index contributed by atoms with van der Waals surface area (Å²) in [6, 6.07) is -0.0171. The molecule has 0 fully saturated rings. The molecule has 1 N–H and O–H groups in total. The largest absolute Gasteiger partial charge is 0.479 e. The summed E-state index contributed by atoms with van der Waals surface area (Å²) in [6.45, 7) is 1.88. The van der Waals surface area contributed by atoms with Crippen LogP contribution in [0.3, 0.4) is 0 Å². The maximum Gasteiger partial charge on any atom is 0.322 e. The number of carbonyl (C=O) groups excluding carboxylic acids is 1. The number of ether oxygens (including phenoxy) is 1. The van der Waals surface area contributed by atoms with Gasteiger partial charge in [0.25, 0.3) is 11.8 Å². The summed E-state index contributed by atoms with van der Waals surface area (Å²) in [4.78, 5) is 16.4. The van der Waals surface area contributed by atoms with E-state index in [1.807, 2.05) is 6.92 Å². The van der Waals surface area contributed by atoms with Crippen LogP contribution in [0.5, 0.6) is 5.88 Å². The van der Waals surface area contributed by atoms with Crippen LogP contribution in [0.2, 0.25) is 0 Å². The highest BCUT2D eigenvalue weighted by molar-refractivity contribution is 7.09. The second kappa shape index (κ2) is 5.56. The van der Waals surface area contributed by atoms with E-state index in [2.05, 4.69) is 25.6 Å². The van der Waals surface area contributed by atoms with E-state index in [1.54, 1.807) is 12.4 Å². The summed E-state index contributed by atoms with van der Waals surface area (Å²) in [5.74, 6) is 0.0160. The van der Waals surface area contributed by atoms with Crippen molar-refractivity contribution in [1.82, 2.24) is 25.0 Å². The minimum atomic E-state index is -0.449. The van der Waals surface area contributed by atoms with Crippen molar-refractivity contribution in [1.29, 1.82) is 0 Å². The van der Waals surface area contributed by atoms with Crippen LogP contribution in [0.25, 0.3) is 11.6 Å². The fourth-order valence-electron chi connectivity index (χ4n) is 1.78. The van der Waals surface area contributed by atoms with E-state index in [4.69, 9.17) is 9.15 Å². The predicted molar refractivity (Wildman–Crippen MR) is 77.9 cm³/mol. The Balaban J connectivity index is 1.78. The molecule has 0 unspecified atom stereocenters. The molecular weight excluding hydrogens is 308 g/mol. The lowest BCUT2D eigenvalue weighted by molar-refractivity contribution is 0.102. The van der Waals surface area contributed by atoms with Crippen LogP contribution in [0.4, 0.5) is 6.01 Å². The Kier molecular flexibility index (Phi) is 3.59. The number of aromatic nitrogens is 5. The number of amides is 1. The molecule has 0 spiro atoms. The smallest absolute Gasteiger partial charge is 0.322 e. The van der Waals surface area contributed by atoms with Crippen molar-refractivity contribution in [3.8, 4) is 17.5 Å². The van der Waals surface area contributed by atoms with E-state index in [0.717, 1.165) is 5.01 Å². The first-order valence-corrected chi connectivity index (χ1v) is 7.10. The predicted octanol–water partition coefficient (Wildman–Crippen LogP) is 1.50. The highest BCUT2D eigenvalue weighted by Gasteiger charge is 2.19. The standard InChI is InChI=1S/C12H12N6O3S/c1-6-13-8(5-22-6)11-15-16-12(21-11)14-9(19)7-4-18(2)17-10(7)20-3/h4-5H,1-3H3,(H,14,16,19). The van der Waals surface area contributed by atoms with Crippen molar-refractivity contribution in [3.05, 3.63) is 22.1 Å². The molecule has 3 aromatic rings. The lowest BCUT2D eigenvalue weighted by atomic mass is 10.3. The summed E-state index contributed by atoms with van der Waals surface area (Å²) in [5, 5.41) is 16.8. The highest BCUT2D eigenvalue weighted by atomic mass is 32.1. The summed E-state index contributed by atoms with van der Waals surface area (Å²) < 4.78 is 11.9. The first-order chi connectivity index (χ1) is 10.6. The fourth-order valence-corrected chi connectivity index (χ4v) is 2.36. The molecule has 0 aliphatic carbocycles. The minimum absolute atomic E-state index is 0.0171. The van der Waals surface area contributed by atoms with Gasteiger partial charge in [-0.2, -0.15) is 0 Å². The van der Waals surface area contributed by atoms with Gasteiger partial charge in [0.2, 0.25) is 5.88 Å². The van der Waals surface area contributed by atoms with Crippen molar-refractivity contribution in [2.45, 2.75) is 6.92 Å². The van der Waals surface area contributed by atoms with Gasteiger partial charge in [0, 0.05) is 18.6 Å². The quantitative estimate of drug-likeness (QED) is 0.776. The zero-order chi connectivity index (χ0) is 15.7. The molecule has 0 aliphatic heterocycles. The third kappa shape index (κ3) is 2.68. The van der Waals surface area contributed by atoms with E-state index >= 15 is 0 Å². The number of carbonyl (C=O) groups is 1. The summed E-state index contributed by atoms with van der Waals surface area (Å²) in [6.07, 6.45) is 1.54. The van der Waals surface area contributed by atoms with E-state index in [9.17, 15) is 4.79 Å². The molecule has 22 heavy (non-hydrogen) atoms. The number of thiazole rings is 1. The number of hydrogen-bond donors (Lipinski definition) is 1. The number of anilines is 1. The lowest BCUT2D eigenvalue weighted by Crippen LogP contribution is -2.12. The molecule has 0 atom stereocenters. The Bertz CT molecular complexity index is 821. The molecule has 1 amide bonds. The summed E-state index contributed by atoms with van der Waals surface area (Å²) in [7, 11) is 3.13. The van der Waals surface area contributed by atoms with E-state index in [-0.39, 0.29) is 23.3 Å². The highest BCUT2D eigenvalue weighted by Crippen LogP contribution is 2.22. The molecule has 0 aromatic carbocycles. The maximum atomic E-state index is 12.2. The molecule has 0 aliphatic rings. The number of hydrogen-bond acceptors (Lipinski definition) is 8. The average molecular weight is 320 g/mol. The van der Waals surface area contributed by atoms with Crippen molar-refractivity contribution in [2.75, 3.05) is 12.4 Å². The van der Waals surface area contributed by atoms with Gasteiger partial charge in [-0.15, -0.1) is 21.5 Å². The Morgan fingerprint density at radius 3 is 2.95 bits per heavy atom. The second-order valence-electron chi connectivity index (χ2n) is 4.34. The molecule has 3 aromatic heterocycles. The molecule has 0 bridgehead atoms. The van der Waals surface area contributed by atoms with Crippen molar-refractivity contribution >= 4 is 23.3 Å². The van der Waals surface area contributed by atoms with Gasteiger partial charge < -0.3 is 9.15 Å². The van der Waals surface area contributed by atoms with E-state index in [0.29, 0.717) is 5.69 Å². The number of aryl methyl sites for hydroxylation is 2. The zero-order valence-electron chi connectivity index (χ0n) is 12.0. The molecule has 10 heteroatoms. The van der Waals surface area contributed by atoms with Gasteiger partial charge in [0.1, 0.15) is 11.3 Å². The van der Waals surface area contributed by atoms with Crippen LogP contribution < -0.4 is 10.1 Å². The minimum Gasteiger partial charge on any atom is -0.479 e. The van der Waals surface area contributed by atoms with Gasteiger partial charge >= 0.3 is 6.01 Å². The molecule has 0 radical (unpaired) electrons. The monoisotopic (exact) mass is 320 g/mol. The molecule has 0 saturated carbocycles. The molecule has 9 nitrogen and oxygen atoms in total. The Labute approximate surface area is 128 Å². The number of nitrogens with one attached hydrogen (secondary N) is 1. The van der Waals surface area contributed by atoms with Crippen LogP contribution in [-0.2, 0) is 7.05 Å². The number of nitrogens with zero attached hydrogens (tertiary/aromatic N) is 5. The van der Waals surface area contributed by atoms with Crippen LogP contribution in [-0.4, -0.2) is 38.0 Å². The first kappa shape index (κ1) is 14.2. The van der Waals surface area contributed by atoms with Gasteiger partial charge in [0.05, 0.1) is 12.1 Å². The van der Waals surface area contributed by atoms with E-state index < -0.39 is 5.91 Å². The van der Waals surface area contributed by atoms with Crippen molar-refractivity contribution in [3.63, 3.8) is 0 Å². The molecule has 114 valence electrons. The zero-order valence-corrected chi connectivity index (χ0v) is 12.8. The molecule has 3 heterocycles. The third-order valence-corrected chi connectivity index (χ3v) is 3.49. The number of rotatable bonds is 4. The Morgan fingerprint density at radius 1 is 1.45 bits per heavy atom. The Morgan fingerprint density at radius 2 is 2.27 bits per heavy atom. The van der Waals surface area contributed by atoms with Crippen LogP contribution in [0.15, 0.2) is 16.0 Å². The van der Waals surface area contributed by atoms with Crippen LogP contribution in [0, 0.1) is 6.92 Å². The fraction of sp³-hybridized carbons (Fsp3) is 0.250. The Hall–Kier alpha value is -2.75. The summed E-state index contributed by atoms with van der Waals surface area (Å²) in [5.41, 5.74) is 0.851. The van der Waals surface area contributed by atoms with Gasteiger partial charge in [-0.05, 0) is 6.92 Å². The van der Waals surface area contributed by atoms with Crippen molar-refractivity contribution < 1.29 is 13.9 Å². The van der Waals surface area contributed by atoms with E-state index in [1.165, 1.54) is 29.3 Å². The lowest BCUT2D eigenvalue weighted by Gasteiger charge is -1.99. The summed E-state index contributed by atoms with van der Waals surface area (Å²) >= 11 is 1.47. The normalized spacial score (nSPS) is 10.7. The first-order valence-electron chi connectivity index (χ1n) is 6.22. The molecule has 0 saturated heterocycles. The molecular formula is C12H12N6O3S. The van der Waals surface area contributed by atoms with Crippen LogP contribution >= 0.6 is 11.3 Å². The topological polar surface area (TPSA) is 108 Å². The average Bonchev–Trinajstić information content (AvgIpc) is 3.18. The molecule has 3 rings (SSSR count).